The van der Waals surface area contributed by atoms with Gasteiger partial charge in [0.1, 0.15) is 5.70 Å². The summed E-state index contributed by atoms with van der Waals surface area (Å²) in [7, 11) is 0. The Balaban J connectivity index is 1.74. The van der Waals surface area contributed by atoms with E-state index in [2.05, 4.69) is 16.7 Å². The fraction of sp³-hybridized carbons (Fsp3) is 0.545. The molecule has 1 aromatic rings. The Kier molecular flexibility index (Phi) is 6.19. The van der Waals surface area contributed by atoms with Crippen LogP contribution in [-0.2, 0) is 9.59 Å². The fourth-order valence-electron chi connectivity index (χ4n) is 4.72. The van der Waals surface area contributed by atoms with E-state index in [-0.39, 0.29) is 17.9 Å². The lowest BCUT2D eigenvalue weighted by Crippen LogP contribution is -2.48. The average Bonchev–Trinajstić information content (AvgIpc) is 2.99. The molecular weight excluding hydrogens is 409 g/mol. The largest absolute Gasteiger partial charge is 0.364 e. The molecule has 0 N–H and O–H groups in total. The van der Waals surface area contributed by atoms with Crippen LogP contribution in [0.5, 0.6) is 0 Å². The molecule has 0 radical (unpaired) electrons. The molecule has 3 aliphatic rings. The van der Waals surface area contributed by atoms with Crippen LogP contribution in [0.3, 0.4) is 0 Å². The first kappa shape index (κ1) is 20.7. The average molecular weight is 436 g/mol. The molecule has 156 valence electrons. The molecule has 2 heterocycles. The van der Waals surface area contributed by atoms with Crippen LogP contribution in [0.25, 0.3) is 5.57 Å². The second kappa shape index (κ2) is 8.66. The second-order valence-corrected chi connectivity index (χ2v) is 8.88. The molecule has 29 heavy (non-hydrogen) atoms. The van der Waals surface area contributed by atoms with Gasteiger partial charge in [-0.05, 0) is 31.5 Å². The smallest absolute Gasteiger partial charge is 0.278 e. The van der Waals surface area contributed by atoms with Gasteiger partial charge in [0.15, 0.2) is 0 Å². The maximum atomic E-state index is 13.6. The summed E-state index contributed by atoms with van der Waals surface area (Å²) < 4.78 is 0. The lowest BCUT2D eigenvalue weighted by molar-refractivity contribution is -0.141. The fourth-order valence-corrected chi connectivity index (χ4v) is 5.22. The van der Waals surface area contributed by atoms with Gasteiger partial charge in [0.25, 0.3) is 11.8 Å². The van der Waals surface area contributed by atoms with Crippen LogP contribution in [-0.4, -0.2) is 65.3 Å². The third-order valence-corrected chi connectivity index (χ3v) is 6.91. The lowest BCUT2D eigenvalue weighted by atomic mass is 9.94. The highest BCUT2D eigenvalue weighted by Crippen LogP contribution is 2.39. The van der Waals surface area contributed by atoms with Crippen LogP contribution in [0.4, 0.5) is 0 Å². The summed E-state index contributed by atoms with van der Waals surface area (Å²) in [5.41, 5.74) is 1.55. The second-order valence-electron chi connectivity index (χ2n) is 8.04. The van der Waals surface area contributed by atoms with Crippen molar-refractivity contribution in [3.05, 3.63) is 39.5 Å². The standard InChI is InChI=1S/C22H27Cl2N3O2/c1-2-25-10-12-26(13-11-25)20-19(17-9-8-15(23)14-18(17)24)21(28)27(22(20)29)16-6-4-3-5-7-16/h8-9,14,16H,2-7,10-13H2,1H3. The minimum atomic E-state index is -0.209. The maximum Gasteiger partial charge on any atom is 0.278 e. The zero-order valence-corrected chi connectivity index (χ0v) is 18.3. The van der Waals surface area contributed by atoms with E-state index in [4.69, 9.17) is 23.2 Å². The number of amides is 2. The molecule has 2 aliphatic heterocycles. The molecule has 0 aromatic heterocycles. The van der Waals surface area contributed by atoms with Gasteiger partial charge in [0, 0.05) is 42.8 Å². The molecule has 0 spiro atoms. The summed E-state index contributed by atoms with van der Waals surface area (Å²) in [6.07, 6.45) is 5.06. The van der Waals surface area contributed by atoms with Crippen molar-refractivity contribution >= 4 is 40.6 Å². The minimum absolute atomic E-state index is 0.0146. The molecule has 2 amide bonds. The Bertz CT molecular complexity index is 840. The van der Waals surface area contributed by atoms with Gasteiger partial charge in [-0.3, -0.25) is 14.5 Å². The molecule has 1 aromatic carbocycles. The van der Waals surface area contributed by atoms with Crippen LogP contribution in [0.1, 0.15) is 44.6 Å². The number of nitrogens with zero attached hydrogens (tertiary/aromatic N) is 3. The number of piperazine rings is 1. The highest BCUT2D eigenvalue weighted by molar-refractivity contribution is 6.41. The molecule has 1 saturated heterocycles. The number of likely N-dealkylation sites (N-methyl/N-ethyl adjacent to an activating group) is 1. The highest BCUT2D eigenvalue weighted by Gasteiger charge is 2.45. The molecule has 0 unspecified atom stereocenters. The van der Waals surface area contributed by atoms with Gasteiger partial charge >= 0.3 is 0 Å². The van der Waals surface area contributed by atoms with E-state index in [1.54, 1.807) is 18.2 Å². The number of benzene rings is 1. The molecular formula is C22H27Cl2N3O2. The van der Waals surface area contributed by atoms with Gasteiger partial charge in [0.2, 0.25) is 0 Å². The van der Waals surface area contributed by atoms with Crippen molar-refractivity contribution in [1.29, 1.82) is 0 Å². The van der Waals surface area contributed by atoms with Crippen LogP contribution < -0.4 is 0 Å². The number of hydrogen-bond acceptors (Lipinski definition) is 4. The minimum Gasteiger partial charge on any atom is -0.364 e. The Morgan fingerprint density at radius 3 is 2.28 bits per heavy atom. The topological polar surface area (TPSA) is 43.9 Å². The van der Waals surface area contributed by atoms with Crippen LogP contribution in [0.2, 0.25) is 10.0 Å². The van der Waals surface area contributed by atoms with Crippen LogP contribution >= 0.6 is 23.2 Å². The van der Waals surface area contributed by atoms with Gasteiger partial charge in [-0.15, -0.1) is 0 Å². The number of rotatable bonds is 4. The predicted octanol–water partition coefficient (Wildman–Crippen LogP) is 4.04. The summed E-state index contributed by atoms with van der Waals surface area (Å²) in [6, 6.07) is 5.11. The quantitative estimate of drug-likeness (QED) is 0.669. The Morgan fingerprint density at radius 1 is 0.966 bits per heavy atom. The monoisotopic (exact) mass is 435 g/mol. The molecule has 1 saturated carbocycles. The van der Waals surface area contributed by atoms with Crippen molar-refractivity contribution in [1.82, 2.24) is 14.7 Å². The first-order chi connectivity index (χ1) is 14.0. The van der Waals surface area contributed by atoms with E-state index in [1.165, 1.54) is 11.3 Å². The third kappa shape index (κ3) is 3.92. The van der Waals surface area contributed by atoms with Crippen molar-refractivity contribution in [2.75, 3.05) is 32.7 Å². The van der Waals surface area contributed by atoms with E-state index in [9.17, 15) is 9.59 Å². The van der Waals surface area contributed by atoms with Crippen molar-refractivity contribution in [2.45, 2.75) is 45.1 Å². The Hall–Kier alpha value is -1.56. The predicted molar refractivity (Wildman–Crippen MR) is 116 cm³/mol. The van der Waals surface area contributed by atoms with Crippen molar-refractivity contribution in [2.24, 2.45) is 0 Å². The SMILES string of the molecule is CCN1CCN(C2=C(c3ccc(Cl)cc3Cl)C(=O)N(C3CCCCC3)C2=O)CC1. The summed E-state index contributed by atoms with van der Waals surface area (Å²) >= 11 is 12.6. The third-order valence-electron chi connectivity index (χ3n) is 6.37. The van der Waals surface area contributed by atoms with E-state index in [0.29, 0.717) is 26.9 Å². The molecule has 1 aliphatic carbocycles. The summed E-state index contributed by atoms with van der Waals surface area (Å²) in [4.78, 5) is 33.0. The van der Waals surface area contributed by atoms with Gasteiger partial charge in [0.05, 0.1) is 10.6 Å². The number of halogens is 2. The molecule has 5 nitrogen and oxygen atoms in total. The summed E-state index contributed by atoms with van der Waals surface area (Å²) in [6.45, 7) is 6.36. The highest BCUT2D eigenvalue weighted by atomic mass is 35.5. The molecule has 4 rings (SSSR count). The van der Waals surface area contributed by atoms with Gasteiger partial charge < -0.3 is 9.80 Å². The van der Waals surface area contributed by atoms with E-state index in [1.807, 2.05) is 0 Å². The first-order valence-corrected chi connectivity index (χ1v) is 11.3. The van der Waals surface area contributed by atoms with Crippen molar-refractivity contribution in [3.8, 4) is 0 Å². The Morgan fingerprint density at radius 2 is 1.66 bits per heavy atom. The van der Waals surface area contributed by atoms with Gasteiger partial charge in [-0.25, -0.2) is 0 Å². The molecule has 0 bridgehead atoms. The van der Waals surface area contributed by atoms with Gasteiger partial charge in [-0.1, -0.05) is 55.5 Å². The maximum absolute atomic E-state index is 13.6. The van der Waals surface area contributed by atoms with E-state index in [0.717, 1.165) is 58.4 Å². The summed E-state index contributed by atoms with van der Waals surface area (Å²) in [5, 5.41) is 0.919. The normalized spacial score (nSPS) is 22.2. The Labute approximate surface area is 182 Å². The van der Waals surface area contributed by atoms with Crippen LogP contribution in [0, 0.1) is 0 Å². The first-order valence-electron chi connectivity index (χ1n) is 10.6. The van der Waals surface area contributed by atoms with Gasteiger partial charge in [-0.2, -0.15) is 0 Å². The zero-order chi connectivity index (χ0) is 20.5. The molecule has 2 fully saturated rings. The number of carbonyl (C=O) groups is 2. The number of imide groups is 1. The van der Waals surface area contributed by atoms with Crippen molar-refractivity contribution < 1.29 is 9.59 Å². The molecule has 0 atom stereocenters. The lowest BCUT2D eigenvalue weighted by Gasteiger charge is -2.36. The summed E-state index contributed by atoms with van der Waals surface area (Å²) in [5.74, 6) is -0.369. The molecule has 7 heteroatoms. The zero-order valence-electron chi connectivity index (χ0n) is 16.8. The number of hydrogen-bond donors (Lipinski definition) is 0. The van der Waals surface area contributed by atoms with E-state index >= 15 is 0 Å². The van der Waals surface area contributed by atoms with Crippen LogP contribution in [0.15, 0.2) is 23.9 Å². The number of carbonyl (C=O) groups excluding carboxylic acids is 2. The van der Waals surface area contributed by atoms with E-state index < -0.39 is 0 Å². The van der Waals surface area contributed by atoms with Crippen molar-refractivity contribution in [3.63, 3.8) is 0 Å².